The van der Waals surface area contributed by atoms with Crippen LogP contribution in [0.5, 0.6) is 0 Å². The Kier molecular flexibility index (Phi) is 4.88. The van der Waals surface area contributed by atoms with Crippen LogP contribution >= 0.6 is 0 Å². The fourth-order valence-electron chi connectivity index (χ4n) is 3.10. The topological polar surface area (TPSA) is 46.1 Å². The average molecular weight is 353 g/mol. The van der Waals surface area contributed by atoms with Crippen LogP contribution in [0.4, 0.5) is 0 Å². The number of benzene rings is 2. The van der Waals surface area contributed by atoms with Gasteiger partial charge in [0.05, 0.1) is 11.1 Å². The maximum atomic E-state index is 13.1. The SMILES string of the molecule is O=C(c1cccnc1)N(Cc1ccccc1)Cc1cnc2ccccc2c1. The zero-order chi connectivity index (χ0) is 18.5. The molecule has 0 fully saturated rings. The van der Waals surface area contributed by atoms with Crippen molar-refractivity contribution >= 4 is 16.8 Å². The van der Waals surface area contributed by atoms with E-state index in [1.807, 2.05) is 65.7 Å². The molecular formula is C23H19N3O. The molecule has 0 N–H and O–H groups in total. The van der Waals surface area contributed by atoms with Gasteiger partial charge in [-0.2, -0.15) is 0 Å². The third-order valence-electron chi connectivity index (χ3n) is 4.43. The van der Waals surface area contributed by atoms with Gasteiger partial charge in [-0.05, 0) is 35.4 Å². The summed E-state index contributed by atoms with van der Waals surface area (Å²) in [6, 6.07) is 23.7. The van der Waals surface area contributed by atoms with E-state index in [0.29, 0.717) is 18.7 Å². The Morgan fingerprint density at radius 3 is 2.41 bits per heavy atom. The Hall–Kier alpha value is -3.53. The summed E-state index contributed by atoms with van der Waals surface area (Å²) >= 11 is 0. The van der Waals surface area contributed by atoms with E-state index in [9.17, 15) is 4.79 Å². The predicted molar refractivity (Wildman–Crippen MR) is 106 cm³/mol. The Labute approximate surface area is 158 Å². The number of aromatic nitrogens is 2. The van der Waals surface area contributed by atoms with Crippen LogP contribution in [0.3, 0.4) is 0 Å². The van der Waals surface area contributed by atoms with E-state index in [0.717, 1.165) is 22.0 Å². The number of para-hydroxylation sites is 1. The van der Waals surface area contributed by atoms with Gasteiger partial charge in [0.1, 0.15) is 0 Å². The molecule has 0 bridgehead atoms. The minimum atomic E-state index is -0.0416. The second-order valence-corrected chi connectivity index (χ2v) is 6.42. The van der Waals surface area contributed by atoms with Gasteiger partial charge in [0, 0.05) is 37.1 Å². The van der Waals surface area contributed by atoms with Gasteiger partial charge < -0.3 is 4.90 Å². The van der Waals surface area contributed by atoms with Crippen LogP contribution in [0.1, 0.15) is 21.5 Å². The van der Waals surface area contributed by atoms with E-state index in [1.54, 1.807) is 24.5 Å². The van der Waals surface area contributed by atoms with Crippen molar-refractivity contribution < 1.29 is 4.79 Å². The van der Waals surface area contributed by atoms with Crippen molar-refractivity contribution in [3.05, 3.63) is 108 Å². The van der Waals surface area contributed by atoms with E-state index in [1.165, 1.54) is 0 Å². The van der Waals surface area contributed by atoms with Crippen molar-refractivity contribution in [2.75, 3.05) is 0 Å². The molecule has 0 unspecified atom stereocenters. The van der Waals surface area contributed by atoms with Crippen LogP contribution in [0.2, 0.25) is 0 Å². The molecule has 0 saturated carbocycles. The number of carbonyl (C=O) groups excluding carboxylic acids is 1. The quantitative estimate of drug-likeness (QED) is 0.532. The first-order chi connectivity index (χ1) is 13.3. The summed E-state index contributed by atoms with van der Waals surface area (Å²) in [5, 5.41) is 1.07. The summed E-state index contributed by atoms with van der Waals surface area (Å²) in [5.41, 5.74) is 3.63. The molecule has 0 aliphatic rings. The summed E-state index contributed by atoms with van der Waals surface area (Å²) in [6.45, 7) is 1.02. The van der Waals surface area contributed by atoms with E-state index in [-0.39, 0.29) is 5.91 Å². The fraction of sp³-hybridized carbons (Fsp3) is 0.0870. The van der Waals surface area contributed by atoms with E-state index >= 15 is 0 Å². The first-order valence-corrected chi connectivity index (χ1v) is 8.86. The zero-order valence-electron chi connectivity index (χ0n) is 14.8. The van der Waals surface area contributed by atoms with Crippen molar-refractivity contribution in [3.8, 4) is 0 Å². The van der Waals surface area contributed by atoms with Crippen LogP contribution in [-0.2, 0) is 13.1 Å². The van der Waals surface area contributed by atoms with E-state index in [4.69, 9.17) is 0 Å². The largest absolute Gasteiger partial charge is 0.330 e. The number of rotatable bonds is 5. The number of hydrogen-bond acceptors (Lipinski definition) is 3. The molecule has 0 aliphatic carbocycles. The number of hydrogen-bond donors (Lipinski definition) is 0. The molecule has 2 aromatic heterocycles. The number of carbonyl (C=O) groups is 1. The van der Waals surface area contributed by atoms with Crippen LogP contribution in [0.25, 0.3) is 10.9 Å². The molecule has 0 radical (unpaired) electrons. The van der Waals surface area contributed by atoms with Gasteiger partial charge in [-0.15, -0.1) is 0 Å². The molecule has 4 nitrogen and oxygen atoms in total. The van der Waals surface area contributed by atoms with E-state index < -0.39 is 0 Å². The number of pyridine rings is 2. The number of nitrogens with zero attached hydrogens (tertiary/aromatic N) is 3. The summed E-state index contributed by atoms with van der Waals surface area (Å²) in [6.07, 6.45) is 5.13. The summed E-state index contributed by atoms with van der Waals surface area (Å²) < 4.78 is 0. The van der Waals surface area contributed by atoms with Gasteiger partial charge in [0.25, 0.3) is 5.91 Å². The highest BCUT2D eigenvalue weighted by atomic mass is 16.2. The predicted octanol–water partition coefficient (Wildman–Crippen LogP) is 4.47. The lowest BCUT2D eigenvalue weighted by atomic mass is 10.1. The van der Waals surface area contributed by atoms with Crippen LogP contribution in [0, 0.1) is 0 Å². The van der Waals surface area contributed by atoms with Crippen molar-refractivity contribution in [3.63, 3.8) is 0 Å². The Bertz CT molecular complexity index is 1050. The van der Waals surface area contributed by atoms with Crippen LogP contribution < -0.4 is 0 Å². The maximum absolute atomic E-state index is 13.1. The monoisotopic (exact) mass is 353 g/mol. The normalized spacial score (nSPS) is 10.7. The molecule has 0 saturated heterocycles. The number of amides is 1. The maximum Gasteiger partial charge on any atom is 0.256 e. The Morgan fingerprint density at radius 1 is 0.815 bits per heavy atom. The average Bonchev–Trinajstić information content (AvgIpc) is 2.74. The lowest BCUT2D eigenvalue weighted by molar-refractivity contribution is 0.0729. The molecule has 2 aromatic carbocycles. The molecule has 2 heterocycles. The second-order valence-electron chi connectivity index (χ2n) is 6.42. The lowest BCUT2D eigenvalue weighted by Crippen LogP contribution is -2.30. The van der Waals surface area contributed by atoms with Crippen molar-refractivity contribution in [2.45, 2.75) is 13.1 Å². The fourth-order valence-corrected chi connectivity index (χ4v) is 3.10. The lowest BCUT2D eigenvalue weighted by Gasteiger charge is -2.23. The molecule has 0 spiro atoms. The molecule has 4 aromatic rings. The van der Waals surface area contributed by atoms with Gasteiger partial charge in [-0.25, -0.2) is 0 Å². The van der Waals surface area contributed by atoms with Crippen molar-refractivity contribution in [1.29, 1.82) is 0 Å². The molecule has 0 atom stereocenters. The molecule has 4 rings (SSSR count). The van der Waals surface area contributed by atoms with Gasteiger partial charge >= 0.3 is 0 Å². The van der Waals surface area contributed by atoms with Gasteiger partial charge in [0.15, 0.2) is 0 Å². The van der Waals surface area contributed by atoms with Crippen LogP contribution in [0.15, 0.2) is 91.4 Å². The summed E-state index contributed by atoms with van der Waals surface area (Å²) in [5.74, 6) is -0.0416. The summed E-state index contributed by atoms with van der Waals surface area (Å²) in [4.78, 5) is 23.5. The first-order valence-electron chi connectivity index (χ1n) is 8.86. The molecule has 27 heavy (non-hydrogen) atoms. The van der Waals surface area contributed by atoms with Crippen LogP contribution in [-0.4, -0.2) is 20.8 Å². The number of fused-ring (bicyclic) bond motifs is 1. The standard InChI is InChI=1S/C23H19N3O/c27-23(21-10-6-12-24-15-21)26(16-18-7-2-1-3-8-18)17-19-13-20-9-4-5-11-22(20)25-14-19/h1-15H,16-17H2. The zero-order valence-corrected chi connectivity index (χ0v) is 14.8. The molecule has 132 valence electrons. The van der Waals surface area contributed by atoms with Gasteiger partial charge in [0.2, 0.25) is 0 Å². The molecule has 4 heteroatoms. The van der Waals surface area contributed by atoms with E-state index in [2.05, 4.69) is 16.0 Å². The minimum Gasteiger partial charge on any atom is -0.330 e. The third kappa shape index (κ3) is 4.01. The molecule has 1 amide bonds. The first kappa shape index (κ1) is 16.9. The Morgan fingerprint density at radius 2 is 1.59 bits per heavy atom. The molecule has 0 aliphatic heterocycles. The minimum absolute atomic E-state index is 0.0416. The van der Waals surface area contributed by atoms with Crippen molar-refractivity contribution in [2.24, 2.45) is 0 Å². The highest BCUT2D eigenvalue weighted by molar-refractivity contribution is 5.93. The molecular weight excluding hydrogens is 334 g/mol. The third-order valence-corrected chi connectivity index (χ3v) is 4.43. The van der Waals surface area contributed by atoms with Gasteiger partial charge in [-0.1, -0.05) is 48.5 Å². The summed E-state index contributed by atoms with van der Waals surface area (Å²) in [7, 11) is 0. The Balaban J connectivity index is 1.64. The van der Waals surface area contributed by atoms with Crippen molar-refractivity contribution in [1.82, 2.24) is 14.9 Å². The highest BCUT2D eigenvalue weighted by Gasteiger charge is 2.17. The van der Waals surface area contributed by atoms with Gasteiger partial charge in [-0.3, -0.25) is 14.8 Å². The smallest absolute Gasteiger partial charge is 0.256 e. The highest BCUT2D eigenvalue weighted by Crippen LogP contribution is 2.17. The second kappa shape index (κ2) is 7.79.